The molecule has 0 spiro atoms. The molecular weight excluding hydrogens is 338 g/mol. The van der Waals surface area contributed by atoms with E-state index in [1.165, 1.54) is 0 Å². The van der Waals surface area contributed by atoms with Gasteiger partial charge in [0.05, 0.1) is 0 Å². The van der Waals surface area contributed by atoms with Crippen LogP contribution >= 0.6 is 0 Å². The molecule has 0 aromatic heterocycles. The van der Waals surface area contributed by atoms with Gasteiger partial charge in [0.15, 0.2) is 25.0 Å². The smallest absolute Gasteiger partial charge is 0.367 e. The van der Waals surface area contributed by atoms with Crippen molar-refractivity contribution in [1.82, 2.24) is 0 Å². The van der Waals surface area contributed by atoms with Crippen LogP contribution < -0.4 is 0 Å². The maximum Gasteiger partial charge on any atom is 0.367 e. The van der Waals surface area contributed by atoms with E-state index in [9.17, 15) is 26.5 Å². The van der Waals surface area contributed by atoms with Crippen LogP contribution in [0.15, 0.2) is 0 Å². The average Bonchev–Trinajstić information content (AvgIpc) is 2.39. The van der Waals surface area contributed by atoms with Crippen LogP contribution in [0.3, 0.4) is 0 Å². The third kappa shape index (κ3) is 6.67. The fourth-order valence-corrected chi connectivity index (χ4v) is 4.32. The minimum absolute atomic E-state index is 0.126. The number of carbonyl (C=O) groups is 1. The molecule has 0 rings (SSSR count). The first kappa shape index (κ1) is 21.4. The van der Waals surface area contributed by atoms with Crippen molar-refractivity contribution in [2.45, 2.75) is 56.5 Å². The van der Waals surface area contributed by atoms with E-state index in [1.54, 1.807) is 7.11 Å². The second-order valence-corrected chi connectivity index (χ2v) is 11.5. The first-order chi connectivity index (χ1) is 9.87. The van der Waals surface area contributed by atoms with Gasteiger partial charge in [0.2, 0.25) is 0 Å². The molecule has 1 atom stereocenters. The molecule has 10 heteroatoms. The van der Waals surface area contributed by atoms with Crippen molar-refractivity contribution in [2.75, 3.05) is 13.7 Å². The van der Waals surface area contributed by atoms with Crippen LogP contribution in [0, 0.1) is 0 Å². The highest BCUT2D eigenvalue weighted by Crippen LogP contribution is 2.32. The third-order valence-corrected chi connectivity index (χ3v) is 8.06. The molecule has 0 aliphatic carbocycles. The number of hydrogen-bond donors (Lipinski definition) is 0. The molecule has 0 bridgehead atoms. The normalized spacial score (nSPS) is 14.7. The van der Waals surface area contributed by atoms with Gasteiger partial charge in [-0.3, -0.25) is 4.79 Å². The summed E-state index contributed by atoms with van der Waals surface area (Å²) in [6, 6.07) is 0. The van der Waals surface area contributed by atoms with Gasteiger partial charge in [-0.25, -0.2) is 8.42 Å². The van der Waals surface area contributed by atoms with Crippen LogP contribution in [0.4, 0.5) is 8.78 Å². The van der Waals surface area contributed by atoms with Crippen molar-refractivity contribution in [2.24, 2.45) is 0 Å². The highest BCUT2D eigenvalue weighted by atomic mass is 32.2. The summed E-state index contributed by atoms with van der Waals surface area (Å²) in [5.74, 6) is -0.953. The van der Waals surface area contributed by atoms with E-state index in [1.807, 2.05) is 20.0 Å². The summed E-state index contributed by atoms with van der Waals surface area (Å²) in [6.07, 6.45) is 2.02. The second kappa shape index (κ2) is 8.32. The maximum atomic E-state index is 12.9. The predicted octanol–water partition coefficient (Wildman–Crippen LogP) is 2.47. The Balaban J connectivity index is 4.49. The quantitative estimate of drug-likeness (QED) is 0.337. The number of ether oxygens (including phenoxy) is 1. The molecule has 0 amide bonds. The van der Waals surface area contributed by atoms with Crippen molar-refractivity contribution in [3.8, 4) is 0 Å². The fourth-order valence-electron chi connectivity index (χ4n) is 1.96. The van der Waals surface area contributed by atoms with Gasteiger partial charge >= 0.3 is 11.2 Å². The predicted molar refractivity (Wildman–Crippen MR) is 78.0 cm³/mol. The highest BCUT2D eigenvalue weighted by molar-refractivity contribution is 7.86. The molecule has 0 aromatic carbocycles. The lowest BCUT2D eigenvalue weighted by molar-refractivity contribution is -0.149. The maximum absolute atomic E-state index is 12.9. The molecule has 0 radical (unpaired) electrons. The minimum Gasteiger partial charge on any atom is -0.743 e. The van der Waals surface area contributed by atoms with Gasteiger partial charge in [-0.05, 0) is 25.1 Å². The van der Waals surface area contributed by atoms with Gasteiger partial charge in [-0.2, -0.15) is 8.78 Å². The molecule has 0 aromatic rings. The van der Waals surface area contributed by atoms with Gasteiger partial charge < -0.3 is 13.7 Å². The molecule has 0 aliphatic heterocycles. The number of rotatable bonds is 10. The molecular formula is C12H23F2O6SSi-. The van der Waals surface area contributed by atoms with Crippen molar-refractivity contribution >= 4 is 24.4 Å². The fraction of sp³-hybridized carbons (Fsp3) is 0.917. The first-order valence-corrected chi connectivity index (χ1v) is 11.3. The number of halogens is 2. The molecule has 0 aliphatic rings. The molecule has 0 N–H and O–H groups in total. The van der Waals surface area contributed by atoms with E-state index in [0.717, 1.165) is 12.8 Å². The van der Waals surface area contributed by atoms with E-state index < -0.39 is 36.3 Å². The van der Waals surface area contributed by atoms with E-state index in [0.29, 0.717) is 6.42 Å². The molecule has 0 saturated carbocycles. The van der Waals surface area contributed by atoms with Crippen LogP contribution in [0.5, 0.6) is 0 Å². The summed E-state index contributed by atoms with van der Waals surface area (Å²) in [5.41, 5.74) is 0.152. The van der Waals surface area contributed by atoms with Gasteiger partial charge in [-0.1, -0.05) is 19.8 Å². The van der Waals surface area contributed by atoms with Crippen LogP contribution in [-0.4, -0.2) is 46.2 Å². The van der Waals surface area contributed by atoms with E-state index in [-0.39, 0.29) is 12.0 Å². The van der Waals surface area contributed by atoms with E-state index in [4.69, 9.17) is 4.43 Å². The Hall–Kier alpha value is -0.583. The molecule has 0 heterocycles. The van der Waals surface area contributed by atoms with Gasteiger partial charge in [0, 0.05) is 13.5 Å². The summed E-state index contributed by atoms with van der Waals surface area (Å²) in [7, 11) is -6.22. The Morgan fingerprint density at radius 1 is 1.32 bits per heavy atom. The third-order valence-electron chi connectivity index (χ3n) is 3.61. The number of alkyl halides is 2. The summed E-state index contributed by atoms with van der Waals surface area (Å²) < 4.78 is 66.3. The first-order valence-electron chi connectivity index (χ1n) is 6.91. The summed E-state index contributed by atoms with van der Waals surface area (Å²) in [6.45, 7) is 4.24. The topological polar surface area (TPSA) is 92.7 Å². The Labute approximate surface area is 131 Å². The number of esters is 1. The van der Waals surface area contributed by atoms with Crippen LogP contribution in [0.25, 0.3) is 0 Å². The lowest BCUT2D eigenvalue weighted by atomic mass is 10.1. The Morgan fingerprint density at radius 3 is 2.27 bits per heavy atom. The summed E-state index contributed by atoms with van der Waals surface area (Å²) in [5, 5.41) is -4.61. The Kier molecular flexibility index (Phi) is 8.10. The zero-order valence-corrected chi connectivity index (χ0v) is 15.0. The van der Waals surface area contributed by atoms with Gasteiger partial charge in [0.25, 0.3) is 0 Å². The number of hydrogen-bond acceptors (Lipinski definition) is 6. The standard InChI is InChI=1S/C12H24F2O6SSi/c1-5-6-10(22(3,4)19-2)7-8-11(15)20-9-12(13,14)21(16,17)18/h10H,5-9H2,1-4H3,(H,16,17,18)/p-1. The van der Waals surface area contributed by atoms with Crippen molar-refractivity contribution in [3.05, 3.63) is 0 Å². The molecule has 6 nitrogen and oxygen atoms in total. The van der Waals surface area contributed by atoms with Crippen molar-refractivity contribution in [1.29, 1.82) is 0 Å². The Bertz CT molecular complexity index is 466. The number of carbonyl (C=O) groups excluding carboxylic acids is 1. The largest absolute Gasteiger partial charge is 0.743 e. The highest BCUT2D eigenvalue weighted by Gasteiger charge is 2.39. The zero-order valence-electron chi connectivity index (χ0n) is 13.2. The average molecular weight is 361 g/mol. The zero-order chi connectivity index (χ0) is 17.6. The second-order valence-electron chi connectivity index (χ2n) is 5.58. The molecule has 0 saturated heterocycles. The van der Waals surface area contributed by atoms with Gasteiger partial charge in [-0.15, -0.1) is 0 Å². The molecule has 1 unspecified atom stereocenters. The van der Waals surface area contributed by atoms with Crippen LogP contribution in [0.2, 0.25) is 18.6 Å². The minimum atomic E-state index is -5.84. The molecule has 132 valence electrons. The van der Waals surface area contributed by atoms with Crippen LogP contribution in [0.1, 0.15) is 32.6 Å². The van der Waals surface area contributed by atoms with Crippen LogP contribution in [-0.2, 0) is 24.1 Å². The molecule has 0 fully saturated rings. The monoisotopic (exact) mass is 361 g/mol. The summed E-state index contributed by atoms with van der Waals surface area (Å²) in [4.78, 5) is 11.5. The van der Waals surface area contributed by atoms with E-state index in [2.05, 4.69) is 4.74 Å². The Morgan fingerprint density at radius 2 is 1.86 bits per heavy atom. The van der Waals surface area contributed by atoms with Gasteiger partial charge in [0.1, 0.15) is 0 Å². The van der Waals surface area contributed by atoms with Crippen molar-refractivity contribution in [3.63, 3.8) is 0 Å². The molecule has 22 heavy (non-hydrogen) atoms. The lowest BCUT2D eigenvalue weighted by Crippen LogP contribution is -2.36. The SMILES string of the molecule is CCCC(CCC(=O)OCC(F)(F)S(=O)(=O)[O-])[Si](C)(C)OC. The lowest BCUT2D eigenvalue weighted by Gasteiger charge is -2.30. The summed E-state index contributed by atoms with van der Waals surface area (Å²) >= 11 is 0. The van der Waals surface area contributed by atoms with E-state index >= 15 is 0 Å². The van der Waals surface area contributed by atoms with Crippen molar-refractivity contribution < 1.29 is 35.7 Å².